The number of aromatic amines is 1. The van der Waals surface area contributed by atoms with E-state index >= 15 is 0 Å². The number of nitrogens with one attached hydrogen (secondary N) is 2. The summed E-state index contributed by atoms with van der Waals surface area (Å²) in [5.41, 5.74) is 0.116. The van der Waals surface area contributed by atoms with Crippen molar-refractivity contribution in [1.82, 2.24) is 10.3 Å². The van der Waals surface area contributed by atoms with E-state index in [1.165, 1.54) is 0 Å². The van der Waals surface area contributed by atoms with E-state index in [0.29, 0.717) is 19.3 Å². The largest absolute Gasteiger partial charge is 0.361 e. The highest BCUT2D eigenvalue weighted by molar-refractivity contribution is 5.95. The van der Waals surface area contributed by atoms with Crippen LogP contribution >= 0.6 is 0 Å². The summed E-state index contributed by atoms with van der Waals surface area (Å²) in [4.78, 5) is 15.9. The van der Waals surface area contributed by atoms with E-state index in [9.17, 15) is 9.18 Å². The second-order valence-electron chi connectivity index (χ2n) is 7.29. The minimum Gasteiger partial charge on any atom is -0.361 e. The molecule has 0 radical (unpaired) electrons. The number of para-hydroxylation sites is 1. The van der Waals surface area contributed by atoms with Gasteiger partial charge < -0.3 is 10.3 Å². The van der Waals surface area contributed by atoms with E-state index < -0.39 is 11.1 Å². The lowest BCUT2D eigenvalue weighted by molar-refractivity contribution is -0.177. The van der Waals surface area contributed by atoms with Crippen LogP contribution in [0.2, 0.25) is 0 Å². The summed E-state index contributed by atoms with van der Waals surface area (Å²) >= 11 is 0. The minimum absolute atomic E-state index is 0.0194. The SMILES string of the molecule is CC(C)(C(=O)NC12CC(F)(C1)C2)c1c[nH]c2ccccc12. The van der Waals surface area contributed by atoms with Crippen molar-refractivity contribution >= 4 is 16.8 Å². The third-order valence-electron chi connectivity index (χ3n) is 5.17. The number of benzene rings is 1. The van der Waals surface area contributed by atoms with Crippen LogP contribution in [0.5, 0.6) is 0 Å². The number of H-pyrrole nitrogens is 1. The topological polar surface area (TPSA) is 44.9 Å². The zero-order chi connectivity index (χ0) is 14.9. The molecule has 0 aliphatic heterocycles. The van der Waals surface area contributed by atoms with Gasteiger partial charge in [0.05, 0.1) is 5.41 Å². The number of halogens is 1. The van der Waals surface area contributed by atoms with Crippen LogP contribution in [0.15, 0.2) is 30.5 Å². The highest BCUT2D eigenvalue weighted by Crippen LogP contribution is 2.63. The zero-order valence-electron chi connectivity index (χ0n) is 12.3. The second kappa shape index (κ2) is 3.67. The number of carbonyl (C=O) groups is 1. The Morgan fingerprint density at radius 3 is 2.62 bits per heavy atom. The first-order valence-electron chi connectivity index (χ1n) is 7.42. The molecular formula is C17H19FN2O. The normalized spacial score (nSPS) is 30.6. The lowest BCUT2D eigenvalue weighted by atomic mass is 9.47. The maximum atomic E-state index is 13.6. The molecule has 1 aromatic carbocycles. The predicted octanol–water partition coefficient (Wildman–Crippen LogP) is 3.21. The number of fused-ring (bicyclic) bond motifs is 1. The molecule has 1 heterocycles. The third-order valence-corrected chi connectivity index (χ3v) is 5.17. The van der Waals surface area contributed by atoms with Gasteiger partial charge in [-0.25, -0.2) is 4.39 Å². The lowest BCUT2D eigenvalue weighted by Crippen LogP contribution is -2.77. The Labute approximate surface area is 122 Å². The fourth-order valence-corrected chi connectivity index (χ4v) is 3.90. The van der Waals surface area contributed by atoms with Gasteiger partial charge in [-0.2, -0.15) is 0 Å². The van der Waals surface area contributed by atoms with Gasteiger partial charge in [0.1, 0.15) is 5.67 Å². The Morgan fingerprint density at radius 1 is 1.29 bits per heavy atom. The molecule has 0 unspecified atom stereocenters. The van der Waals surface area contributed by atoms with Crippen LogP contribution in [0.4, 0.5) is 4.39 Å². The molecule has 1 aromatic heterocycles. The van der Waals surface area contributed by atoms with E-state index in [4.69, 9.17) is 0 Å². The number of alkyl halides is 1. The van der Waals surface area contributed by atoms with Gasteiger partial charge in [-0.05, 0) is 25.5 Å². The highest BCUT2D eigenvalue weighted by atomic mass is 19.1. The van der Waals surface area contributed by atoms with Gasteiger partial charge >= 0.3 is 0 Å². The molecule has 0 spiro atoms. The maximum Gasteiger partial charge on any atom is 0.230 e. The van der Waals surface area contributed by atoms with E-state index in [-0.39, 0.29) is 11.4 Å². The molecule has 3 fully saturated rings. The molecule has 3 saturated carbocycles. The van der Waals surface area contributed by atoms with Crippen LogP contribution < -0.4 is 5.32 Å². The van der Waals surface area contributed by atoms with E-state index in [0.717, 1.165) is 16.5 Å². The number of hydrogen-bond donors (Lipinski definition) is 2. The van der Waals surface area contributed by atoms with E-state index in [1.54, 1.807) is 0 Å². The Hall–Kier alpha value is -1.84. The second-order valence-corrected chi connectivity index (χ2v) is 7.29. The number of hydrogen-bond acceptors (Lipinski definition) is 1. The van der Waals surface area contributed by atoms with Crippen molar-refractivity contribution < 1.29 is 9.18 Å². The quantitative estimate of drug-likeness (QED) is 0.894. The van der Waals surface area contributed by atoms with E-state index in [2.05, 4.69) is 10.3 Å². The van der Waals surface area contributed by atoms with Gasteiger partial charge in [-0.1, -0.05) is 18.2 Å². The molecule has 110 valence electrons. The molecule has 21 heavy (non-hydrogen) atoms. The Bertz CT molecular complexity index is 726. The molecular weight excluding hydrogens is 267 g/mol. The summed E-state index contributed by atoms with van der Waals surface area (Å²) in [7, 11) is 0. The predicted molar refractivity (Wildman–Crippen MR) is 79.9 cm³/mol. The van der Waals surface area contributed by atoms with Gasteiger partial charge in [0.15, 0.2) is 0 Å². The zero-order valence-corrected chi connectivity index (χ0v) is 12.3. The monoisotopic (exact) mass is 286 g/mol. The smallest absolute Gasteiger partial charge is 0.230 e. The Morgan fingerprint density at radius 2 is 1.95 bits per heavy atom. The van der Waals surface area contributed by atoms with Gasteiger partial charge in [-0.3, -0.25) is 4.79 Å². The summed E-state index contributed by atoms with van der Waals surface area (Å²) in [6, 6.07) is 7.97. The highest BCUT2D eigenvalue weighted by Gasteiger charge is 2.70. The average Bonchev–Trinajstić information content (AvgIpc) is 2.79. The van der Waals surface area contributed by atoms with Crippen molar-refractivity contribution in [3.05, 3.63) is 36.0 Å². The lowest BCUT2D eigenvalue weighted by Gasteiger charge is -2.66. The Balaban J connectivity index is 1.62. The number of carbonyl (C=O) groups excluding carboxylic acids is 1. The van der Waals surface area contributed by atoms with Crippen LogP contribution in [0.1, 0.15) is 38.7 Å². The first-order chi connectivity index (χ1) is 9.84. The van der Waals surface area contributed by atoms with Crippen molar-refractivity contribution in [1.29, 1.82) is 0 Å². The molecule has 0 atom stereocenters. The summed E-state index contributed by atoms with van der Waals surface area (Å²) < 4.78 is 13.6. The van der Waals surface area contributed by atoms with Gasteiger partial charge in [0.25, 0.3) is 0 Å². The van der Waals surface area contributed by atoms with Gasteiger partial charge in [0, 0.05) is 41.9 Å². The van der Waals surface area contributed by atoms with E-state index in [1.807, 2.05) is 44.3 Å². The summed E-state index contributed by atoms with van der Waals surface area (Å²) in [5.74, 6) is -0.0194. The molecule has 3 nitrogen and oxygen atoms in total. The van der Waals surface area contributed by atoms with Crippen molar-refractivity contribution in [2.24, 2.45) is 0 Å². The molecule has 2 bridgehead atoms. The molecule has 5 rings (SSSR count). The molecule has 4 heteroatoms. The summed E-state index contributed by atoms with van der Waals surface area (Å²) in [5, 5.41) is 4.15. The first-order valence-corrected chi connectivity index (χ1v) is 7.42. The first kappa shape index (κ1) is 12.9. The molecule has 2 aromatic rings. The summed E-state index contributed by atoms with van der Waals surface area (Å²) in [6.45, 7) is 3.85. The number of rotatable bonds is 3. The van der Waals surface area contributed by atoms with Gasteiger partial charge in [0.2, 0.25) is 5.91 Å². The van der Waals surface area contributed by atoms with Crippen LogP contribution in [0.3, 0.4) is 0 Å². The van der Waals surface area contributed by atoms with Crippen LogP contribution in [-0.2, 0) is 10.2 Å². The van der Waals surface area contributed by atoms with Crippen LogP contribution in [0, 0.1) is 0 Å². The molecule has 2 N–H and O–H groups in total. The molecule has 0 saturated heterocycles. The fourth-order valence-electron chi connectivity index (χ4n) is 3.90. The van der Waals surface area contributed by atoms with Crippen LogP contribution in [0.25, 0.3) is 10.9 Å². The summed E-state index contributed by atoms with van der Waals surface area (Å²) in [6.07, 6.45) is 3.35. The minimum atomic E-state index is -0.988. The van der Waals surface area contributed by atoms with Crippen LogP contribution in [-0.4, -0.2) is 22.1 Å². The molecule has 3 aliphatic carbocycles. The van der Waals surface area contributed by atoms with Crippen molar-refractivity contribution in [3.8, 4) is 0 Å². The third kappa shape index (κ3) is 1.68. The molecule has 3 aliphatic rings. The Kier molecular flexibility index (Phi) is 2.25. The molecule has 1 amide bonds. The van der Waals surface area contributed by atoms with Crippen molar-refractivity contribution in [3.63, 3.8) is 0 Å². The van der Waals surface area contributed by atoms with Crippen molar-refractivity contribution in [2.45, 2.75) is 49.7 Å². The fraction of sp³-hybridized carbons (Fsp3) is 0.471. The number of amides is 1. The van der Waals surface area contributed by atoms with Crippen molar-refractivity contribution in [2.75, 3.05) is 0 Å². The average molecular weight is 286 g/mol. The maximum absolute atomic E-state index is 13.6. The standard InChI is InChI=1S/C17H19FN2O/c1-15(2,12-7-19-13-6-4-3-5-11(12)13)14(21)20-17-8-16(18,9-17)10-17/h3-7,19H,8-10H2,1-2H3,(H,20,21). The van der Waals surface area contributed by atoms with Gasteiger partial charge in [-0.15, -0.1) is 0 Å². The number of aromatic nitrogens is 1.